The van der Waals surface area contributed by atoms with Gasteiger partial charge in [0, 0.05) is 5.69 Å². The van der Waals surface area contributed by atoms with E-state index in [4.69, 9.17) is 21.7 Å². The molecule has 5 rings (SSSR count). The van der Waals surface area contributed by atoms with Crippen molar-refractivity contribution in [2.24, 2.45) is 0 Å². The van der Waals surface area contributed by atoms with Gasteiger partial charge in [0.15, 0.2) is 10.9 Å². The van der Waals surface area contributed by atoms with Crippen molar-refractivity contribution in [1.29, 1.82) is 0 Å². The molecule has 0 unspecified atom stereocenters. The van der Waals surface area contributed by atoms with Crippen molar-refractivity contribution in [2.75, 3.05) is 16.8 Å². The number of rotatable bonds is 8. The molecule has 0 spiro atoms. The Balaban J connectivity index is 1.18. The summed E-state index contributed by atoms with van der Waals surface area (Å²) in [4.78, 5) is 27.4. The van der Waals surface area contributed by atoms with E-state index in [2.05, 4.69) is 5.32 Å². The predicted octanol–water partition coefficient (Wildman–Crippen LogP) is 7.21. The molecule has 1 aliphatic heterocycles. The van der Waals surface area contributed by atoms with Gasteiger partial charge in [0.05, 0.1) is 10.6 Å². The van der Waals surface area contributed by atoms with E-state index in [1.807, 2.05) is 97.9 Å². The standard InChI is InChI=1S/C31H24N2O4S2/c1-21-6-5-7-23(18-21)32-29(34)20-36-25-14-10-22(11-15-25)19-28-30(35)33(31(38)39-28)24-12-16-27(17-13-24)37-26-8-3-2-4-9-26/h2-19H,20H2,1H3,(H,32,34)/b28-19-. The van der Waals surface area contributed by atoms with Crippen molar-refractivity contribution in [2.45, 2.75) is 6.92 Å². The van der Waals surface area contributed by atoms with Crippen LogP contribution in [0.4, 0.5) is 11.4 Å². The molecule has 1 fully saturated rings. The highest BCUT2D eigenvalue weighted by Gasteiger charge is 2.33. The van der Waals surface area contributed by atoms with Crippen LogP contribution in [0.2, 0.25) is 0 Å². The maximum Gasteiger partial charge on any atom is 0.270 e. The van der Waals surface area contributed by atoms with Gasteiger partial charge < -0.3 is 14.8 Å². The lowest BCUT2D eigenvalue weighted by molar-refractivity contribution is -0.118. The first-order valence-electron chi connectivity index (χ1n) is 12.1. The lowest BCUT2D eigenvalue weighted by Gasteiger charge is -2.15. The Hall–Kier alpha value is -4.40. The molecule has 1 heterocycles. The third kappa shape index (κ3) is 6.73. The van der Waals surface area contributed by atoms with Crippen molar-refractivity contribution in [3.8, 4) is 17.2 Å². The van der Waals surface area contributed by atoms with Crippen LogP contribution in [0, 0.1) is 6.92 Å². The van der Waals surface area contributed by atoms with Crippen molar-refractivity contribution in [3.63, 3.8) is 0 Å². The highest BCUT2D eigenvalue weighted by atomic mass is 32.2. The molecular weight excluding hydrogens is 528 g/mol. The molecule has 1 N–H and O–H groups in total. The lowest BCUT2D eigenvalue weighted by atomic mass is 10.2. The minimum Gasteiger partial charge on any atom is -0.484 e. The monoisotopic (exact) mass is 552 g/mol. The van der Waals surface area contributed by atoms with Gasteiger partial charge in [-0.2, -0.15) is 0 Å². The maximum absolute atomic E-state index is 13.2. The largest absolute Gasteiger partial charge is 0.484 e. The van der Waals surface area contributed by atoms with Crippen LogP contribution in [0.25, 0.3) is 6.08 Å². The number of carbonyl (C=O) groups is 2. The van der Waals surface area contributed by atoms with Crippen LogP contribution >= 0.6 is 24.0 Å². The summed E-state index contributed by atoms with van der Waals surface area (Å²) in [5.74, 6) is 1.53. The average Bonchev–Trinajstić information content (AvgIpc) is 3.21. The Labute approximate surface area is 236 Å². The summed E-state index contributed by atoms with van der Waals surface area (Å²) in [6.45, 7) is 1.85. The van der Waals surface area contributed by atoms with Gasteiger partial charge in [-0.3, -0.25) is 14.5 Å². The molecule has 4 aromatic carbocycles. The fourth-order valence-electron chi connectivity index (χ4n) is 3.86. The molecule has 0 bridgehead atoms. The van der Waals surface area contributed by atoms with Gasteiger partial charge in [0.2, 0.25) is 0 Å². The Bertz CT molecular complexity index is 1540. The summed E-state index contributed by atoms with van der Waals surface area (Å²) >= 11 is 6.75. The first-order valence-corrected chi connectivity index (χ1v) is 13.4. The van der Waals surface area contributed by atoms with E-state index in [1.54, 1.807) is 18.2 Å². The summed E-state index contributed by atoms with van der Waals surface area (Å²) in [6.07, 6.45) is 1.79. The number of thiocarbonyl (C=S) groups is 1. The number of hydrogen-bond acceptors (Lipinski definition) is 6. The smallest absolute Gasteiger partial charge is 0.270 e. The van der Waals surface area contributed by atoms with Gasteiger partial charge in [0.25, 0.3) is 11.8 Å². The molecule has 2 amide bonds. The number of nitrogens with one attached hydrogen (secondary N) is 1. The van der Waals surface area contributed by atoms with Gasteiger partial charge in [-0.15, -0.1) is 0 Å². The fraction of sp³-hybridized carbons (Fsp3) is 0.0645. The third-order valence-corrected chi connectivity index (χ3v) is 7.02. The number of anilines is 2. The second-order valence-corrected chi connectivity index (χ2v) is 10.4. The Morgan fingerprint density at radius 2 is 1.59 bits per heavy atom. The van der Waals surface area contributed by atoms with Crippen molar-refractivity contribution in [3.05, 3.63) is 119 Å². The van der Waals surface area contributed by atoms with Crippen molar-refractivity contribution < 1.29 is 19.1 Å². The van der Waals surface area contributed by atoms with Crippen molar-refractivity contribution >= 4 is 57.6 Å². The lowest BCUT2D eigenvalue weighted by Crippen LogP contribution is -2.27. The van der Waals surface area contributed by atoms with E-state index < -0.39 is 0 Å². The first-order chi connectivity index (χ1) is 18.9. The van der Waals surface area contributed by atoms with E-state index in [1.165, 1.54) is 16.7 Å². The zero-order valence-electron chi connectivity index (χ0n) is 21.0. The Morgan fingerprint density at radius 1 is 0.897 bits per heavy atom. The maximum atomic E-state index is 13.2. The zero-order valence-corrected chi connectivity index (χ0v) is 22.6. The predicted molar refractivity (Wildman–Crippen MR) is 160 cm³/mol. The molecule has 1 saturated heterocycles. The van der Waals surface area contributed by atoms with Gasteiger partial charge in [-0.05, 0) is 84.8 Å². The summed E-state index contributed by atoms with van der Waals surface area (Å²) in [7, 11) is 0. The molecule has 39 heavy (non-hydrogen) atoms. The molecular formula is C31H24N2O4S2. The summed E-state index contributed by atoms with van der Waals surface area (Å²) in [6, 6.07) is 31.5. The van der Waals surface area contributed by atoms with E-state index in [0.29, 0.717) is 26.4 Å². The molecule has 194 valence electrons. The SMILES string of the molecule is Cc1cccc(NC(=O)COc2ccc(/C=C3\SC(=S)N(c4ccc(Oc5ccccc5)cc4)C3=O)cc2)c1. The summed E-state index contributed by atoms with van der Waals surface area (Å²) < 4.78 is 11.9. The van der Waals surface area contributed by atoms with E-state index in [-0.39, 0.29) is 18.4 Å². The molecule has 8 heteroatoms. The number of nitrogens with zero attached hydrogens (tertiary/aromatic N) is 1. The molecule has 1 aliphatic rings. The minimum absolute atomic E-state index is 0.110. The second kappa shape index (κ2) is 12.0. The average molecular weight is 553 g/mol. The van der Waals surface area contributed by atoms with Crippen LogP contribution in [0.3, 0.4) is 0 Å². The molecule has 0 aliphatic carbocycles. The summed E-state index contributed by atoms with van der Waals surface area (Å²) in [5, 5.41) is 2.82. The van der Waals surface area contributed by atoms with E-state index in [9.17, 15) is 9.59 Å². The topological polar surface area (TPSA) is 67.9 Å². The molecule has 6 nitrogen and oxygen atoms in total. The minimum atomic E-state index is -0.243. The number of amides is 2. The fourth-order valence-corrected chi connectivity index (χ4v) is 5.16. The number of benzene rings is 4. The molecule has 0 saturated carbocycles. The number of thioether (sulfide) groups is 1. The molecule has 0 radical (unpaired) electrons. The number of ether oxygens (including phenoxy) is 2. The Morgan fingerprint density at radius 3 is 2.31 bits per heavy atom. The van der Waals surface area contributed by atoms with Crippen molar-refractivity contribution in [1.82, 2.24) is 0 Å². The zero-order chi connectivity index (χ0) is 27.2. The summed E-state index contributed by atoms with van der Waals surface area (Å²) in [5.41, 5.74) is 3.29. The van der Waals surface area contributed by atoms with Crippen LogP contribution < -0.4 is 19.7 Å². The van der Waals surface area contributed by atoms with Gasteiger partial charge >= 0.3 is 0 Å². The van der Waals surface area contributed by atoms with Crippen LogP contribution in [-0.4, -0.2) is 22.7 Å². The van der Waals surface area contributed by atoms with E-state index in [0.717, 1.165) is 22.6 Å². The quantitative estimate of drug-likeness (QED) is 0.184. The van der Waals surface area contributed by atoms with Gasteiger partial charge in [-0.1, -0.05) is 66.4 Å². The Kier molecular flexibility index (Phi) is 8.05. The normalized spacial score (nSPS) is 14.0. The van der Waals surface area contributed by atoms with Gasteiger partial charge in [-0.25, -0.2) is 0 Å². The third-order valence-electron chi connectivity index (χ3n) is 5.72. The van der Waals surface area contributed by atoms with Crippen LogP contribution in [-0.2, 0) is 9.59 Å². The van der Waals surface area contributed by atoms with Crippen LogP contribution in [0.1, 0.15) is 11.1 Å². The van der Waals surface area contributed by atoms with Gasteiger partial charge in [0.1, 0.15) is 17.2 Å². The molecule has 4 aromatic rings. The van der Waals surface area contributed by atoms with Crippen LogP contribution in [0.15, 0.2) is 108 Å². The first kappa shape index (κ1) is 26.2. The molecule has 0 aromatic heterocycles. The number of para-hydroxylation sites is 1. The number of aryl methyl sites for hydroxylation is 1. The highest BCUT2D eigenvalue weighted by Crippen LogP contribution is 2.37. The van der Waals surface area contributed by atoms with Crippen LogP contribution in [0.5, 0.6) is 17.2 Å². The van der Waals surface area contributed by atoms with E-state index >= 15 is 0 Å². The molecule has 0 atom stereocenters. The highest BCUT2D eigenvalue weighted by molar-refractivity contribution is 8.27. The number of carbonyl (C=O) groups excluding carboxylic acids is 2. The number of hydrogen-bond donors (Lipinski definition) is 1. The second-order valence-electron chi connectivity index (χ2n) is 8.70.